The molecule has 1 nitrogen and oxygen atoms in total. The fraction of sp³-hybridized carbons (Fsp3) is 0.765. The second kappa shape index (κ2) is 6.90. The molecule has 0 aromatic carbocycles. The number of rotatable bonds is 5. The van der Waals surface area contributed by atoms with Crippen LogP contribution in [0.4, 0.5) is 0 Å². The van der Waals surface area contributed by atoms with Crippen LogP contribution in [-0.4, -0.2) is 12.6 Å². The van der Waals surface area contributed by atoms with Gasteiger partial charge in [0, 0.05) is 6.04 Å². The van der Waals surface area contributed by atoms with Gasteiger partial charge in [0.05, 0.1) is 0 Å². The van der Waals surface area contributed by atoms with E-state index in [1.165, 1.54) is 25.8 Å². The molecule has 108 valence electrons. The van der Waals surface area contributed by atoms with E-state index < -0.39 is 0 Å². The Kier molecular flexibility index (Phi) is 5.47. The van der Waals surface area contributed by atoms with Gasteiger partial charge in [0.25, 0.3) is 0 Å². The molecule has 2 rings (SSSR count). The number of hydrogen-bond donors (Lipinski definition) is 1. The highest BCUT2D eigenvalue weighted by molar-refractivity contribution is 7.07. The molecular formula is C17H29NS. The van der Waals surface area contributed by atoms with Crippen LogP contribution in [0.3, 0.4) is 0 Å². The standard InChI is InChI=1S/C17H29NS/c1-12(2)14-5-6-15(10-18-13(3)4)17(9-14)16-7-8-19-11-16/h7-8,11-15,17-18H,5-6,9-10H2,1-4H3. The lowest BCUT2D eigenvalue weighted by atomic mass is 9.68. The van der Waals surface area contributed by atoms with Gasteiger partial charge in [-0.25, -0.2) is 0 Å². The molecule has 1 aromatic rings. The normalized spacial score (nSPS) is 28.2. The van der Waals surface area contributed by atoms with Crippen molar-refractivity contribution in [2.45, 2.75) is 58.9 Å². The Balaban J connectivity index is 2.05. The lowest BCUT2D eigenvalue weighted by Crippen LogP contribution is -2.35. The van der Waals surface area contributed by atoms with Gasteiger partial charge in [-0.05, 0) is 71.9 Å². The minimum absolute atomic E-state index is 0.603. The second-order valence-corrected chi connectivity index (χ2v) is 7.58. The first-order valence-electron chi connectivity index (χ1n) is 7.83. The maximum absolute atomic E-state index is 3.65. The van der Waals surface area contributed by atoms with Crippen molar-refractivity contribution in [3.05, 3.63) is 22.4 Å². The number of hydrogen-bond acceptors (Lipinski definition) is 2. The monoisotopic (exact) mass is 279 g/mol. The fourth-order valence-electron chi connectivity index (χ4n) is 3.40. The highest BCUT2D eigenvalue weighted by atomic mass is 32.1. The first kappa shape index (κ1) is 15.1. The third-order valence-corrected chi connectivity index (χ3v) is 5.44. The smallest absolute Gasteiger partial charge is 0.00104 e. The van der Waals surface area contributed by atoms with E-state index in [0.29, 0.717) is 6.04 Å². The average molecular weight is 279 g/mol. The van der Waals surface area contributed by atoms with Gasteiger partial charge in [-0.15, -0.1) is 0 Å². The molecule has 3 atom stereocenters. The van der Waals surface area contributed by atoms with E-state index in [0.717, 1.165) is 23.7 Å². The summed E-state index contributed by atoms with van der Waals surface area (Å²) in [5.41, 5.74) is 1.59. The van der Waals surface area contributed by atoms with Gasteiger partial charge in [0.15, 0.2) is 0 Å². The molecule has 1 aliphatic carbocycles. The third kappa shape index (κ3) is 4.06. The van der Waals surface area contributed by atoms with Crippen LogP contribution in [0.1, 0.15) is 58.4 Å². The minimum Gasteiger partial charge on any atom is -0.314 e. The van der Waals surface area contributed by atoms with Gasteiger partial charge >= 0.3 is 0 Å². The molecule has 19 heavy (non-hydrogen) atoms. The highest BCUT2D eigenvalue weighted by Crippen LogP contribution is 2.43. The zero-order chi connectivity index (χ0) is 13.8. The van der Waals surface area contributed by atoms with Gasteiger partial charge in [0.1, 0.15) is 0 Å². The summed E-state index contributed by atoms with van der Waals surface area (Å²) in [6, 6.07) is 2.95. The molecule has 2 heteroatoms. The lowest BCUT2D eigenvalue weighted by Gasteiger charge is -2.38. The zero-order valence-electron chi connectivity index (χ0n) is 12.9. The molecule has 1 fully saturated rings. The Hall–Kier alpha value is -0.340. The van der Waals surface area contributed by atoms with Crippen LogP contribution in [0.15, 0.2) is 16.8 Å². The van der Waals surface area contributed by atoms with Gasteiger partial charge in [0.2, 0.25) is 0 Å². The molecule has 0 aliphatic heterocycles. The van der Waals surface area contributed by atoms with E-state index in [-0.39, 0.29) is 0 Å². The SMILES string of the molecule is CC(C)NCC1CCC(C(C)C)CC1c1ccsc1. The van der Waals surface area contributed by atoms with Crippen LogP contribution in [0.25, 0.3) is 0 Å². The molecule has 1 aromatic heterocycles. The maximum Gasteiger partial charge on any atom is 0.00104 e. The summed E-state index contributed by atoms with van der Waals surface area (Å²) in [7, 11) is 0. The first-order valence-corrected chi connectivity index (χ1v) is 8.77. The average Bonchev–Trinajstić information content (AvgIpc) is 2.89. The summed E-state index contributed by atoms with van der Waals surface area (Å²) in [5, 5.41) is 8.26. The first-order chi connectivity index (χ1) is 9.08. The van der Waals surface area contributed by atoms with Crippen LogP contribution in [0.2, 0.25) is 0 Å². The molecule has 0 spiro atoms. The Morgan fingerprint density at radius 3 is 2.63 bits per heavy atom. The quantitative estimate of drug-likeness (QED) is 0.808. The van der Waals surface area contributed by atoms with E-state index in [4.69, 9.17) is 0 Å². The number of nitrogens with one attached hydrogen (secondary N) is 1. The molecule has 0 bridgehead atoms. The van der Waals surface area contributed by atoms with E-state index in [2.05, 4.69) is 49.8 Å². The van der Waals surface area contributed by atoms with Gasteiger partial charge < -0.3 is 5.32 Å². The Morgan fingerprint density at radius 1 is 1.26 bits per heavy atom. The highest BCUT2D eigenvalue weighted by Gasteiger charge is 2.32. The Labute approximate surface area is 122 Å². The molecule has 3 unspecified atom stereocenters. The van der Waals surface area contributed by atoms with E-state index in [1.807, 2.05) is 11.3 Å². The summed E-state index contributed by atoms with van der Waals surface area (Å²) in [6.45, 7) is 10.5. The van der Waals surface area contributed by atoms with Crippen molar-refractivity contribution in [1.82, 2.24) is 5.32 Å². The maximum atomic E-state index is 3.65. The van der Waals surface area contributed by atoms with E-state index in [1.54, 1.807) is 5.56 Å². The topological polar surface area (TPSA) is 12.0 Å². The van der Waals surface area contributed by atoms with Gasteiger partial charge in [-0.3, -0.25) is 0 Å². The van der Waals surface area contributed by atoms with E-state index >= 15 is 0 Å². The minimum atomic E-state index is 0.603. The van der Waals surface area contributed by atoms with Gasteiger partial charge in [-0.2, -0.15) is 11.3 Å². The summed E-state index contributed by atoms with van der Waals surface area (Å²) in [5.74, 6) is 3.35. The van der Waals surface area contributed by atoms with Crippen molar-refractivity contribution in [2.75, 3.05) is 6.54 Å². The molecule has 0 amide bonds. The third-order valence-electron chi connectivity index (χ3n) is 4.74. The Bertz CT molecular complexity index is 355. The largest absolute Gasteiger partial charge is 0.314 e. The van der Waals surface area contributed by atoms with Crippen LogP contribution in [-0.2, 0) is 0 Å². The van der Waals surface area contributed by atoms with Crippen molar-refractivity contribution in [2.24, 2.45) is 17.8 Å². The summed E-state index contributed by atoms with van der Waals surface area (Å²) < 4.78 is 0. The number of thiophene rings is 1. The predicted octanol–water partition coefficient (Wildman–Crippen LogP) is 4.90. The molecule has 1 heterocycles. The van der Waals surface area contributed by atoms with Crippen LogP contribution in [0.5, 0.6) is 0 Å². The summed E-state index contributed by atoms with van der Waals surface area (Å²) in [6.07, 6.45) is 4.20. The van der Waals surface area contributed by atoms with Crippen LogP contribution < -0.4 is 5.32 Å². The van der Waals surface area contributed by atoms with Crippen molar-refractivity contribution >= 4 is 11.3 Å². The molecule has 1 aliphatic rings. The predicted molar refractivity (Wildman–Crippen MR) is 85.9 cm³/mol. The second-order valence-electron chi connectivity index (χ2n) is 6.80. The van der Waals surface area contributed by atoms with Crippen LogP contribution in [0, 0.1) is 17.8 Å². The fourth-order valence-corrected chi connectivity index (χ4v) is 4.12. The summed E-state index contributed by atoms with van der Waals surface area (Å²) >= 11 is 1.85. The van der Waals surface area contributed by atoms with Crippen molar-refractivity contribution in [3.8, 4) is 0 Å². The van der Waals surface area contributed by atoms with E-state index in [9.17, 15) is 0 Å². The van der Waals surface area contributed by atoms with Crippen molar-refractivity contribution < 1.29 is 0 Å². The van der Waals surface area contributed by atoms with Crippen molar-refractivity contribution in [3.63, 3.8) is 0 Å². The van der Waals surface area contributed by atoms with Gasteiger partial charge in [-0.1, -0.05) is 27.7 Å². The molecule has 0 saturated heterocycles. The van der Waals surface area contributed by atoms with Crippen LogP contribution >= 0.6 is 11.3 Å². The zero-order valence-corrected chi connectivity index (χ0v) is 13.7. The van der Waals surface area contributed by atoms with Crippen molar-refractivity contribution in [1.29, 1.82) is 0 Å². The molecule has 1 N–H and O–H groups in total. The molecule has 1 saturated carbocycles. The lowest BCUT2D eigenvalue weighted by molar-refractivity contribution is 0.189. The Morgan fingerprint density at radius 2 is 2.05 bits per heavy atom. The summed E-state index contributed by atoms with van der Waals surface area (Å²) in [4.78, 5) is 0. The molecular weight excluding hydrogens is 250 g/mol. The molecule has 0 radical (unpaired) electrons.